The quantitative estimate of drug-likeness (QED) is 0.168. The number of hydrogen-bond donors (Lipinski definition) is 0. The second-order valence-electron chi connectivity index (χ2n) is 6.30. The van der Waals surface area contributed by atoms with Crippen LogP contribution in [-0.2, 0) is 0 Å². The predicted octanol–water partition coefficient (Wildman–Crippen LogP) is 5.63. The standard InChI is InChI=1S/C24H28N2O/c27-26(22-12-18-24-15-7-4-8-16-24)21-10-2-1-9-19-25-20-11-17-23-13-5-3-6-14-23/h3-8,11-18,20,22H,1-2,9-10,19,21H2. The molecule has 0 bridgehead atoms. The first-order valence-electron chi connectivity index (χ1n) is 9.56. The van der Waals surface area contributed by atoms with Crippen molar-refractivity contribution in [3.8, 4) is 0 Å². The molecule has 0 N–H and O–H groups in total. The van der Waals surface area contributed by atoms with Gasteiger partial charge in [0.15, 0.2) is 12.8 Å². The topological polar surface area (TPSA) is 38.4 Å². The van der Waals surface area contributed by atoms with Crippen LogP contribution in [0, 0.1) is 5.21 Å². The molecule has 0 heterocycles. The molecule has 3 nitrogen and oxygen atoms in total. The number of nitrogens with zero attached hydrogens (tertiary/aromatic N) is 2. The summed E-state index contributed by atoms with van der Waals surface area (Å²) in [7, 11) is 0. The monoisotopic (exact) mass is 360 g/mol. The lowest BCUT2D eigenvalue weighted by Gasteiger charge is -2.02. The van der Waals surface area contributed by atoms with Crippen molar-refractivity contribution in [2.45, 2.75) is 25.7 Å². The van der Waals surface area contributed by atoms with E-state index in [9.17, 15) is 5.21 Å². The lowest BCUT2D eigenvalue weighted by atomic mass is 10.2. The van der Waals surface area contributed by atoms with Gasteiger partial charge in [0.1, 0.15) is 0 Å². The van der Waals surface area contributed by atoms with Crippen molar-refractivity contribution < 1.29 is 4.74 Å². The minimum absolute atomic E-state index is 0.544. The van der Waals surface area contributed by atoms with Crippen LogP contribution in [0.5, 0.6) is 0 Å². The Bertz CT molecular complexity index is 746. The highest BCUT2D eigenvalue weighted by atomic mass is 16.5. The van der Waals surface area contributed by atoms with E-state index in [4.69, 9.17) is 0 Å². The molecule has 0 aliphatic carbocycles. The van der Waals surface area contributed by atoms with Crippen molar-refractivity contribution in [2.75, 3.05) is 13.1 Å². The summed E-state index contributed by atoms with van der Waals surface area (Å²) < 4.78 is 1.01. The SMILES string of the molecule is [O-][N+](=CC=Cc1ccccc1)CCCCCCN=CC=Cc1ccccc1. The average molecular weight is 361 g/mol. The van der Waals surface area contributed by atoms with Crippen molar-refractivity contribution in [2.24, 2.45) is 4.99 Å². The molecule has 0 saturated heterocycles. The van der Waals surface area contributed by atoms with Crippen LogP contribution in [0.15, 0.2) is 77.8 Å². The lowest BCUT2D eigenvalue weighted by Crippen LogP contribution is -2.05. The molecule has 2 aromatic rings. The molecule has 3 heteroatoms. The van der Waals surface area contributed by atoms with Gasteiger partial charge in [-0.3, -0.25) is 4.99 Å². The summed E-state index contributed by atoms with van der Waals surface area (Å²) in [6.45, 7) is 1.38. The van der Waals surface area contributed by atoms with Crippen LogP contribution in [0.4, 0.5) is 0 Å². The Balaban J connectivity index is 1.50. The number of hydrogen-bond acceptors (Lipinski definition) is 2. The Morgan fingerprint density at radius 1 is 0.741 bits per heavy atom. The van der Waals surface area contributed by atoms with Gasteiger partial charge in [0.05, 0.1) is 0 Å². The molecule has 0 aliphatic heterocycles. The van der Waals surface area contributed by atoms with E-state index < -0.39 is 0 Å². The maximum atomic E-state index is 11.7. The van der Waals surface area contributed by atoms with Crippen LogP contribution in [0.2, 0.25) is 0 Å². The van der Waals surface area contributed by atoms with Crippen LogP contribution < -0.4 is 0 Å². The number of benzene rings is 2. The van der Waals surface area contributed by atoms with E-state index in [1.165, 1.54) is 5.56 Å². The van der Waals surface area contributed by atoms with Gasteiger partial charge >= 0.3 is 0 Å². The van der Waals surface area contributed by atoms with E-state index in [2.05, 4.69) is 23.2 Å². The van der Waals surface area contributed by atoms with Crippen molar-refractivity contribution in [3.05, 3.63) is 89.1 Å². The molecule has 27 heavy (non-hydrogen) atoms. The fourth-order valence-electron chi connectivity index (χ4n) is 2.57. The van der Waals surface area contributed by atoms with Crippen LogP contribution >= 0.6 is 0 Å². The van der Waals surface area contributed by atoms with E-state index >= 15 is 0 Å². The zero-order valence-corrected chi connectivity index (χ0v) is 15.8. The molecular weight excluding hydrogens is 332 g/mol. The van der Waals surface area contributed by atoms with E-state index in [1.807, 2.05) is 66.9 Å². The molecule has 0 atom stereocenters. The van der Waals surface area contributed by atoms with Gasteiger partial charge in [-0.2, -0.15) is 0 Å². The first-order chi connectivity index (χ1) is 13.3. The fraction of sp³-hybridized carbons (Fsp3) is 0.250. The molecule has 0 fully saturated rings. The highest BCUT2D eigenvalue weighted by Gasteiger charge is 1.94. The largest absolute Gasteiger partial charge is 0.624 e. The molecular formula is C24H28N2O. The van der Waals surface area contributed by atoms with Crippen molar-refractivity contribution >= 4 is 24.6 Å². The summed E-state index contributed by atoms with van der Waals surface area (Å²) in [5.74, 6) is 0. The number of rotatable bonds is 11. The third-order valence-electron chi connectivity index (χ3n) is 4.04. The predicted molar refractivity (Wildman–Crippen MR) is 117 cm³/mol. The summed E-state index contributed by atoms with van der Waals surface area (Å²) in [6.07, 6.45) is 15.4. The zero-order chi connectivity index (χ0) is 19.0. The smallest absolute Gasteiger partial charge is 0.174 e. The van der Waals surface area contributed by atoms with E-state index in [-0.39, 0.29) is 0 Å². The highest BCUT2D eigenvalue weighted by molar-refractivity contribution is 5.78. The number of unbranched alkanes of at least 4 members (excludes halogenated alkanes) is 3. The first-order valence-corrected chi connectivity index (χ1v) is 9.56. The van der Waals surface area contributed by atoms with Gasteiger partial charge in [-0.05, 0) is 36.1 Å². The number of aliphatic imine (C=N–C) groups is 1. The van der Waals surface area contributed by atoms with Gasteiger partial charge in [-0.15, -0.1) is 0 Å². The summed E-state index contributed by atoms with van der Waals surface area (Å²) >= 11 is 0. The third-order valence-corrected chi connectivity index (χ3v) is 4.04. The minimum atomic E-state index is 0.544. The maximum absolute atomic E-state index is 11.7. The van der Waals surface area contributed by atoms with Gasteiger partial charge in [0.2, 0.25) is 0 Å². The Morgan fingerprint density at radius 2 is 1.33 bits per heavy atom. The Morgan fingerprint density at radius 3 is 2.00 bits per heavy atom. The maximum Gasteiger partial charge on any atom is 0.174 e. The molecule has 0 aliphatic rings. The summed E-state index contributed by atoms with van der Waals surface area (Å²) in [6, 6.07) is 20.2. The zero-order valence-electron chi connectivity index (χ0n) is 15.8. The summed E-state index contributed by atoms with van der Waals surface area (Å²) in [5.41, 5.74) is 2.28. The van der Waals surface area contributed by atoms with Gasteiger partial charge in [0.25, 0.3) is 0 Å². The van der Waals surface area contributed by atoms with Gasteiger partial charge in [-0.25, -0.2) is 4.74 Å². The fourth-order valence-corrected chi connectivity index (χ4v) is 2.57. The van der Waals surface area contributed by atoms with Crippen molar-refractivity contribution in [1.29, 1.82) is 0 Å². The third kappa shape index (κ3) is 9.95. The molecule has 2 rings (SSSR count). The van der Waals surface area contributed by atoms with Gasteiger partial charge < -0.3 is 5.21 Å². The summed E-state index contributed by atoms with van der Waals surface area (Å²) in [4.78, 5) is 4.39. The minimum Gasteiger partial charge on any atom is -0.624 e. The van der Waals surface area contributed by atoms with E-state index in [0.29, 0.717) is 6.54 Å². The molecule has 0 aromatic heterocycles. The first kappa shape index (κ1) is 20.4. The Labute approximate surface area is 162 Å². The van der Waals surface area contributed by atoms with Gasteiger partial charge in [0, 0.05) is 25.3 Å². The molecule has 2 aromatic carbocycles. The molecule has 0 unspecified atom stereocenters. The molecule has 0 saturated carbocycles. The molecule has 140 valence electrons. The van der Waals surface area contributed by atoms with Crippen molar-refractivity contribution in [1.82, 2.24) is 0 Å². The molecule has 0 radical (unpaired) electrons. The normalized spacial score (nSPS) is 12.5. The van der Waals surface area contributed by atoms with Gasteiger partial charge in [-0.1, -0.05) is 73.2 Å². The number of allylic oxidation sites excluding steroid dienone is 2. The average Bonchev–Trinajstić information content (AvgIpc) is 2.71. The molecule has 0 spiro atoms. The van der Waals surface area contributed by atoms with Crippen LogP contribution in [-0.4, -0.2) is 30.3 Å². The van der Waals surface area contributed by atoms with E-state index in [0.717, 1.165) is 42.5 Å². The second-order valence-corrected chi connectivity index (χ2v) is 6.30. The summed E-state index contributed by atoms with van der Waals surface area (Å²) in [5, 5.41) is 11.7. The highest BCUT2D eigenvalue weighted by Crippen LogP contribution is 2.02. The number of hydroxylamine groups is 1. The van der Waals surface area contributed by atoms with E-state index in [1.54, 1.807) is 12.3 Å². The van der Waals surface area contributed by atoms with Crippen LogP contribution in [0.1, 0.15) is 36.8 Å². The van der Waals surface area contributed by atoms with Crippen LogP contribution in [0.3, 0.4) is 0 Å². The second kappa shape index (κ2) is 13.3. The Hall–Kier alpha value is -2.94. The lowest BCUT2D eigenvalue weighted by molar-refractivity contribution is -0.452. The Kier molecular flexibility index (Phi) is 10.0. The van der Waals surface area contributed by atoms with Crippen molar-refractivity contribution in [3.63, 3.8) is 0 Å². The molecule has 0 amide bonds. The van der Waals surface area contributed by atoms with Crippen LogP contribution in [0.25, 0.3) is 12.2 Å².